The molecule has 0 unspecified atom stereocenters. The maximum Gasteiger partial charge on any atom is 0.308 e. The van der Waals surface area contributed by atoms with Crippen LogP contribution in [0.3, 0.4) is 0 Å². The van der Waals surface area contributed by atoms with Gasteiger partial charge < -0.3 is 77.3 Å². The number of esters is 1. The van der Waals surface area contributed by atoms with E-state index in [1.54, 1.807) is 34.6 Å². The molecule has 20 atom stereocenters. The number of rotatable bonds is 11. The van der Waals surface area contributed by atoms with Crippen molar-refractivity contribution in [3.63, 3.8) is 0 Å². The molecular weight excluding hydrogens is 668 g/mol. The van der Waals surface area contributed by atoms with Gasteiger partial charge in [-0.3, -0.25) is 4.79 Å². The van der Waals surface area contributed by atoms with Crippen molar-refractivity contribution in [2.24, 2.45) is 0 Å². The van der Waals surface area contributed by atoms with Gasteiger partial charge in [-0.05, 0) is 34.6 Å². The van der Waals surface area contributed by atoms with E-state index in [1.165, 1.54) is 21.3 Å². The van der Waals surface area contributed by atoms with Crippen molar-refractivity contribution in [3.8, 4) is 0 Å². The Balaban J connectivity index is 1.11. The largest absolute Gasteiger partial charge is 0.460 e. The molecule has 17 nitrogen and oxygen atoms in total. The van der Waals surface area contributed by atoms with Crippen LogP contribution < -0.4 is 0 Å². The zero-order valence-electron chi connectivity index (χ0n) is 30.0. The average Bonchev–Trinajstić information content (AvgIpc) is 3.05. The number of aliphatic hydroxyl groups is 4. The number of hydrogen-bond acceptors (Lipinski definition) is 17. The van der Waals surface area contributed by atoms with Gasteiger partial charge in [0.2, 0.25) is 0 Å². The fraction of sp³-hybridized carbons (Fsp3) is 0.970. The highest BCUT2D eigenvalue weighted by molar-refractivity contribution is 5.71. The summed E-state index contributed by atoms with van der Waals surface area (Å²) in [5.41, 5.74) is 0. The molecule has 5 saturated heterocycles. The maximum absolute atomic E-state index is 11.8. The van der Waals surface area contributed by atoms with E-state index in [4.69, 9.17) is 56.8 Å². The highest BCUT2D eigenvalue weighted by Gasteiger charge is 2.50. The summed E-state index contributed by atoms with van der Waals surface area (Å²) in [5.74, 6) is -0.365. The molecule has 0 radical (unpaired) electrons. The van der Waals surface area contributed by atoms with Crippen molar-refractivity contribution in [2.75, 3.05) is 21.3 Å². The highest BCUT2D eigenvalue weighted by atomic mass is 16.8. The van der Waals surface area contributed by atoms with E-state index in [0.29, 0.717) is 0 Å². The molecule has 0 spiro atoms. The van der Waals surface area contributed by atoms with Crippen LogP contribution in [0, 0.1) is 0 Å². The predicted molar refractivity (Wildman–Crippen MR) is 167 cm³/mol. The monoisotopic (exact) mass is 724 g/mol. The lowest BCUT2D eigenvalue weighted by molar-refractivity contribution is -0.355. The van der Waals surface area contributed by atoms with Gasteiger partial charge in [0.25, 0.3) is 0 Å². The molecule has 0 aromatic rings. The van der Waals surface area contributed by atoms with Gasteiger partial charge in [-0.1, -0.05) is 0 Å². The second-order valence-corrected chi connectivity index (χ2v) is 13.9. The molecule has 0 aromatic carbocycles. The minimum Gasteiger partial charge on any atom is -0.460 e. The minimum absolute atomic E-state index is 0.0580. The van der Waals surface area contributed by atoms with Gasteiger partial charge in [0.15, 0.2) is 25.2 Å². The topological polar surface area (TPSA) is 209 Å². The van der Waals surface area contributed by atoms with E-state index in [0.717, 1.165) is 0 Å². The van der Waals surface area contributed by atoms with E-state index >= 15 is 0 Å². The van der Waals surface area contributed by atoms with Crippen molar-refractivity contribution < 1.29 is 82.1 Å². The fourth-order valence-electron chi connectivity index (χ4n) is 7.52. The number of aliphatic hydroxyl groups excluding tert-OH is 4. The van der Waals surface area contributed by atoms with Gasteiger partial charge in [-0.25, -0.2) is 0 Å². The maximum atomic E-state index is 11.8. The first-order valence-corrected chi connectivity index (χ1v) is 17.5. The summed E-state index contributed by atoms with van der Waals surface area (Å²) in [4.78, 5) is 11.8. The Morgan fingerprint density at radius 1 is 0.520 bits per heavy atom. The molecule has 0 saturated carbocycles. The third kappa shape index (κ3) is 8.97. The third-order valence-corrected chi connectivity index (χ3v) is 10.3. The first kappa shape index (κ1) is 40.1. The summed E-state index contributed by atoms with van der Waals surface area (Å²) in [6.45, 7) is 8.68. The molecule has 290 valence electrons. The van der Waals surface area contributed by atoms with E-state index in [1.807, 2.05) is 0 Å². The van der Waals surface area contributed by atoms with Crippen LogP contribution in [0.25, 0.3) is 0 Å². The van der Waals surface area contributed by atoms with Crippen LogP contribution in [-0.4, -0.2) is 171 Å². The third-order valence-electron chi connectivity index (χ3n) is 10.3. The van der Waals surface area contributed by atoms with Crippen LogP contribution in [0.2, 0.25) is 0 Å². The lowest BCUT2D eigenvalue weighted by Crippen LogP contribution is -2.61. The molecule has 5 aliphatic rings. The molecular formula is C33H56O17. The molecule has 5 aliphatic heterocycles. The number of cyclic esters (lactones) is 1. The second kappa shape index (κ2) is 17.3. The number of methoxy groups -OCH3 is 3. The van der Waals surface area contributed by atoms with Gasteiger partial charge in [0.05, 0.1) is 55.3 Å². The highest BCUT2D eigenvalue weighted by Crippen LogP contribution is 2.35. The van der Waals surface area contributed by atoms with Crippen molar-refractivity contribution in [3.05, 3.63) is 0 Å². The van der Waals surface area contributed by atoms with Gasteiger partial charge in [-0.15, -0.1) is 0 Å². The molecule has 0 bridgehead atoms. The van der Waals surface area contributed by atoms with Gasteiger partial charge in [0.1, 0.15) is 48.8 Å². The Morgan fingerprint density at radius 3 is 1.50 bits per heavy atom. The van der Waals surface area contributed by atoms with Gasteiger partial charge in [-0.2, -0.15) is 0 Å². The van der Waals surface area contributed by atoms with Gasteiger partial charge >= 0.3 is 5.97 Å². The molecule has 17 heteroatoms. The lowest BCUT2D eigenvalue weighted by Gasteiger charge is -2.47. The Kier molecular flexibility index (Phi) is 13.9. The molecule has 0 amide bonds. The molecule has 50 heavy (non-hydrogen) atoms. The summed E-state index contributed by atoms with van der Waals surface area (Å²) in [7, 11) is 4.43. The summed E-state index contributed by atoms with van der Waals surface area (Å²) >= 11 is 0. The Hall–Kier alpha value is -1.13. The number of carbonyl (C=O) groups is 1. The molecule has 5 rings (SSSR count). The number of hydrogen-bond donors (Lipinski definition) is 4. The zero-order chi connectivity index (χ0) is 36.4. The van der Waals surface area contributed by atoms with Crippen LogP contribution in [0.4, 0.5) is 0 Å². The Morgan fingerprint density at radius 2 is 1.00 bits per heavy atom. The van der Waals surface area contributed by atoms with E-state index < -0.39 is 123 Å². The summed E-state index contributed by atoms with van der Waals surface area (Å²) in [6, 6.07) is 0. The summed E-state index contributed by atoms with van der Waals surface area (Å²) < 4.78 is 70.4. The van der Waals surface area contributed by atoms with Gasteiger partial charge in [0, 0.05) is 40.6 Å². The second-order valence-electron chi connectivity index (χ2n) is 13.9. The van der Waals surface area contributed by atoms with Crippen LogP contribution in [0.5, 0.6) is 0 Å². The smallest absolute Gasteiger partial charge is 0.308 e. The first-order valence-electron chi connectivity index (χ1n) is 17.5. The molecule has 0 aromatic heterocycles. The van der Waals surface area contributed by atoms with Crippen LogP contribution >= 0.6 is 0 Å². The van der Waals surface area contributed by atoms with Crippen molar-refractivity contribution in [2.45, 2.75) is 183 Å². The molecule has 5 fully saturated rings. The fourth-order valence-corrected chi connectivity index (χ4v) is 7.52. The normalized spacial score (nSPS) is 50.5. The van der Waals surface area contributed by atoms with Crippen molar-refractivity contribution in [1.82, 2.24) is 0 Å². The van der Waals surface area contributed by atoms with Crippen LogP contribution in [0.15, 0.2) is 0 Å². The van der Waals surface area contributed by atoms with E-state index in [-0.39, 0.29) is 31.7 Å². The van der Waals surface area contributed by atoms with E-state index in [2.05, 4.69) is 0 Å². The Bertz CT molecular complexity index is 1060. The molecule has 4 N–H and O–H groups in total. The predicted octanol–water partition coefficient (Wildman–Crippen LogP) is -0.499. The molecule has 0 aliphatic carbocycles. The summed E-state index contributed by atoms with van der Waals surface area (Å²) in [5, 5.41) is 43.3. The first-order chi connectivity index (χ1) is 23.7. The summed E-state index contributed by atoms with van der Waals surface area (Å²) in [6.07, 6.45) is -14.9. The molecule has 5 heterocycles. The Labute approximate surface area is 292 Å². The van der Waals surface area contributed by atoms with E-state index in [9.17, 15) is 25.2 Å². The van der Waals surface area contributed by atoms with Crippen LogP contribution in [0.1, 0.15) is 60.3 Å². The van der Waals surface area contributed by atoms with Crippen LogP contribution in [-0.2, 0) is 61.6 Å². The number of ether oxygens (including phenoxy) is 12. The van der Waals surface area contributed by atoms with Crippen molar-refractivity contribution in [1.29, 1.82) is 0 Å². The standard InChI is InChI=1S/C33H56O17/c1-13-26(37)32(41-8)27(38)33(46-13)50-31-17(5)45-25(12-21(31)40-7)48-29-15(3)43-23(9-18(29)34)47-28-14(2)44-24(10-19(28)35)49-30-16(4)42-22(36)11-20(30)39-6/h13-21,23-35,37-38H,9-12H2,1-8H3/t13-,14-,15-,16+,17-,18-,19+,20+,21+,23+,24+,25+,26+,27-,28-,29-,30+,31-,32+,33+/m1/s1. The SMILES string of the molecule is CO[C@H]1[C@@H](O)[C@@H](C)O[C@@H](O[C@H]2[C@@H](OC)C[C@H](O[C@H]3[C@H](O)C[C@H](O[C@H]4[C@@H](O)C[C@H](O[C@H]5[C@H](C)OC(=O)C[C@@H]5OC)O[C@@H]4C)O[C@@H]3C)O[C@@H]2C)[C@@H]1O. The average molecular weight is 725 g/mol. The minimum atomic E-state index is -1.24. The van der Waals surface area contributed by atoms with Crippen molar-refractivity contribution >= 4 is 5.97 Å². The number of carbonyl (C=O) groups excluding carboxylic acids is 1. The quantitative estimate of drug-likeness (QED) is 0.198. The lowest BCUT2D eigenvalue weighted by atomic mass is 9.98. The zero-order valence-corrected chi connectivity index (χ0v) is 30.0.